The number of amides is 1. The van der Waals surface area contributed by atoms with Crippen molar-refractivity contribution in [2.75, 3.05) is 18.5 Å². The maximum absolute atomic E-state index is 12.6. The maximum atomic E-state index is 12.6. The lowest BCUT2D eigenvalue weighted by molar-refractivity contribution is 0.102. The average molecular weight is 428 g/mol. The molecule has 1 aliphatic rings. The number of rotatable bonds is 7. The van der Waals surface area contributed by atoms with Crippen molar-refractivity contribution in [2.24, 2.45) is 0 Å². The number of nitrogens with zero attached hydrogens (tertiary/aromatic N) is 4. The number of nitrogens with one attached hydrogen (secondary N) is 2. The third-order valence-corrected chi connectivity index (χ3v) is 6.09. The SMILES string of the molecule is O=C(Nc1ccc(-n2cnnn2)cc1)c1cccc(S(=O)(=O)NCC2CCCO2)c1. The van der Waals surface area contributed by atoms with Crippen LogP contribution < -0.4 is 10.0 Å². The number of sulfonamides is 1. The Morgan fingerprint density at radius 1 is 1.20 bits per heavy atom. The van der Waals surface area contributed by atoms with E-state index in [1.807, 2.05) is 0 Å². The number of anilines is 1. The van der Waals surface area contributed by atoms with Crippen molar-refractivity contribution in [1.29, 1.82) is 0 Å². The second kappa shape index (κ2) is 8.69. The zero-order valence-electron chi connectivity index (χ0n) is 15.9. The molecule has 0 spiro atoms. The Labute approximate surface area is 173 Å². The predicted molar refractivity (Wildman–Crippen MR) is 108 cm³/mol. The van der Waals surface area contributed by atoms with Crippen LogP contribution in [0.3, 0.4) is 0 Å². The summed E-state index contributed by atoms with van der Waals surface area (Å²) in [5.41, 5.74) is 1.53. The number of tetrazole rings is 1. The number of aromatic nitrogens is 4. The number of carbonyl (C=O) groups excluding carboxylic acids is 1. The minimum atomic E-state index is -3.74. The Kier molecular flexibility index (Phi) is 5.84. The van der Waals surface area contributed by atoms with Gasteiger partial charge in [0.2, 0.25) is 10.0 Å². The number of hydrogen-bond donors (Lipinski definition) is 2. The van der Waals surface area contributed by atoms with E-state index < -0.39 is 15.9 Å². The monoisotopic (exact) mass is 428 g/mol. The molecule has 10 nitrogen and oxygen atoms in total. The molecule has 1 amide bonds. The van der Waals surface area contributed by atoms with E-state index in [4.69, 9.17) is 4.74 Å². The second-order valence-electron chi connectivity index (χ2n) is 6.77. The summed E-state index contributed by atoms with van der Waals surface area (Å²) in [6.07, 6.45) is 3.12. The van der Waals surface area contributed by atoms with Crippen LogP contribution in [0.15, 0.2) is 59.8 Å². The van der Waals surface area contributed by atoms with E-state index in [1.165, 1.54) is 29.2 Å². The number of hydrogen-bond acceptors (Lipinski definition) is 7. The van der Waals surface area contributed by atoms with Crippen molar-refractivity contribution in [3.63, 3.8) is 0 Å². The van der Waals surface area contributed by atoms with Gasteiger partial charge in [-0.15, -0.1) is 5.10 Å². The fraction of sp³-hybridized carbons (Fsp3) is 0.263. The van der Waals surface area contributed by atoms with Crippen LogP contribution in [0.1, 0.15) is 23.2 Å². The van der Waals surface area contributed by atoms with Crippen LogP contribution in [-0.2, 0) is 14.8 Å². The van der Waals surface area contributed by atoms with Crippen molar-refractivity contribution in [3.05, 3.63) is 60.4 Å². The van der Waals surface area contributed by atoms with Gasteiger partial charge in [-0.1, -0.05) is 6.07 Å². The number of ether oxygens (including phenoxy) is 1. The zero-order chi connectivity index (χ0) is 21.0. The lowest BCUT2D eigenvalue weighted by Gasteiger charge is -2.12. The van der Waals surface area contributed by atoms with Gasteiger partial charge < -0.3 is 10.1 Å². The summed E-state index contributed by atoms with van der Waals surface area (Å²) in [4.78, 5) is 12.6. The Balaban J connectivity index is 1.43. The van der Waals surface area contributed by atoms with Gasteiger partial charge in [0, 0.05) is 24.4 Å². The first-order valence-corrected chi connectivity index (χ1v) is 10.9. The lowest BCUT2D eigenvalue weighted by atomic mass is 10.2. The molecule has 3 aromatic rings. The number of benzene rings is 2. The third kappa shape index (κ3) is 4.70. The van der Waals surface area contributed by atoms with Gasteiger partial charge in [-0.25, -0.2) is 17.8 Å². The van der Waals surface area contributed by atoms with Gasteiger partial charge in [0.15, 0.2) is 0 Å². The van der Waals surface area contributed by atoms with E-state index in [2.05, 4.69) is 25.6 Å². The normalized spacial score (nSPS) is 16.5. The maximum Gasteiger partial charge on any atom is 0.255 e. The summed E-state index contributed by atoms with van der Waals surface area (Å²) in [5, 5.41) is 13.7. The van der Waals surface area contributed by atoms with Crippen molar-refractivity contribution in [2.45, 2.75) is 23.8 Å². The quantitative estimate of drug-likeness (QED) is 0.582. The first kappa shape index (κ1) is 20.1. The highest BCUT2D eigenvalue weighted by molar-refractivity contribution is 7.89. The van der Waals surface area contributed by atoms with Crippen LogP contribution in [-0.4, -0.2) is 53.8 Å². The molecule has 0 saturated carbocycles. The van der Waals surface area contributed by atoms with Gasteiger partial charge in [-0.3, -0.25) is 4.79 Å². The molecular formula is C19H20N6O4S. The Morgan fingerprint density at radius 2 is 2.03 bits per heavy atom. The van der Waals surface area contributed by atoms with Gasteiger partial charge in [0.05, 0.1) is 16.7 Å². The minimum absolute atomic E-state index is 0.0298. The summed E-state index contributed by atoms with van der Waals surface area (Å²) in [6.45, 7) is 0.866. The lowest BCUT2D eigenvalue weighted by Crippen LogP contribution is -2.32. The Hall–Kier alpha value is -3.15. The van der Waals surface area contributed by atoms with Crippen molar-refractivity contribution in [3.8, 4) is 5.69 Å². The van der Waals surface area contributed by atoms with Gasteiger partial charge in [0.1, 0.15) is 6.33 Å². The van der Waals surface area contributed by atoms with Crippen LogP contribution in [0, 0.1) is 0 Å². The smallest absolute Gasteiger partial charge is 0.255 e. The highest BCUT2D eigenvalue weighted by Crippen LogP contribution is 2.17. The third-order valence-electron chi connectivity index (χ3n) is 4.67. The summed E-state index contributed by atoms with van der Waals surface area (Å²) in [7, 11) is -3.74. The first-order chi connectivity index (χ1) is 14.5. The highest BCUT2D eigenvalue weighted by atomic mass is 32.2. The summed E-state index contributed by atoms with van der Waals surface area (Å²) in [6, 6.07) is 12.8. The van der Waals surface area contributed by atoms with Crippen LogP contribution in [0.2, 0.25) is 0 Å². The molecule has 1 aliphatic heterocycles. The molecule has 0 bridgehead atoms. The van der Waals surface area contributed by atoms with Gasteiger partial charge in [0.25, 0.3) is 5.91 Å². The average Bonchev–Trinajstić information content (AvgIpc) is 3.47. The molecule has 156 valence electrons. The largest absolute Gasteiger partial charge is 0.377 e. The molecule has 2 aromatic carbocycles. The van der Waals surface area contributed by atoms with E-state index in [-0.39, 0.29) is 23.1 Å². The summed E-state index contributed by atoms with van der Waals surface area (Å²) < 4.78 is 34.6. The molecule has 2 N–H and O–H groups in total. The second-order valence-corrected chi connectivity index (χ2v) is 8.54. The van der Waals surface area contributed by atoms with Gasteiger partial charge in [-0.05, 0) is 65.7 Å². The molecule has 1 atom stereocenters. The first-order valence-electron chi connectivity index (χ1n) is 9.37. The molecule has 1 unspecified atom stereocenters. The molecule has 2 heterocycles. The fourth-order valence-corrected chi connectivity index (χ4v) is 4.19. The Bertz CT molecular complexity index is 1110. The molecule has 1 aromatic heterocycles. The predicted octanol–water partition coefficient (Wildman–Crippen LogP) is 1.37. The van der Waals surface area contributed by atoms with E-state index in [1.54, 1.807) is 30.3 Å². The van der Waals surface area contributed by atoms with E-state index >= 15 is 0 Å². The standard InChI is InChI=1S/C19H20N6O4S/c26-19(22-15-6-8-16(9-7-15)25-13-20-23-24-25)14-3-1-5-18(11-14)30(27,28)21-12-17-4-2-10-29-17/h1,3,5-9,11,13,17,21H,2,4,10,12H2,(H,22,26). The molecule has 1 fully saturated rings. The van der Waals surface area contributed by atoms with Gasteiger partial charge in [-0.2, -0.15) is 0 Å². The topological polar surface area (TPSA) is 128 Å². The molecule has 30 heavy (non-hydrogen) atoms. The fourth-order valence-electron chi connectivity index (χ4n) is 3.08. The minimum Gasteiger partial charge on any atom is -0.377 e. The van der Waals surface area contributed by atoms with Crippen LogP contribution in [0.25, 0.3) is 5.69 Å². The summed E-state index contributed by atoms with van der Waals surface area (Å²) >= 11 is 0. The van der Waals surface area contributed by atoms with Crippen molar-refractivity contribution >= 4 is 21.6 Å². The van der Waals surface area contributed by atoms with Crippen LogP contribution in [0.4, 0.5) is 5.69 Å². The van der Waals surface area contributed by atoms with E-state index in [0.717, 1.165) is 18.5 Å². The molecule has 1 saturated heterocycles. The van der Waals surface area contributed by atoms with E-state index in [0.29, 0.717) is 12.3 Å². The zero-order valence-corrected chi connectivity index (χ0v) is 16.7. The van der Waals surface area contributed by atoms with Crippen LogP contribution >= 0.6 is 0 Å². The summed E-state index contributed by atoms with van der Waals surface area (Å²) in [5.74, 6) is -0.415. The Morgan fingerprint density at radius 3 is 2.73 bits per heavy atom. The van der Waals surface area contributed by atoms with Crippen molar-refractivity contribution < 1.29 is 17.9 Å². The molecule has 4 rings (SSSR count). The van der Waals surface area contributed by atoms with Crippen molar-refractivity contribution in [1.82, 2.24) is 24.9 Å². The van der Waals surface area contributed by atoms with E-state index in [9.17, 15) is 13.2 Å². The molecule has 0 aliphatic carbocycles. The van der Waals surface area contributed by atoms with Crippen LogP contribution in [0.5, 0.6) is 0 Å². The van der Waals surface area contributed by atoms with Gasteiger partial charge >= 0.3 is 0 Å². The molecule has 11 heteroatoms. The molecule has 0 radical (unpaired) electrons. The highest BCUT2D eigenvalue weighted by Gasteiger charge is 2.21. The number of carbonyl (C=O) groups is 1. The molecular weight excluding hydrogens is 408 g/mol.